The Labute approximate surface area is 121 Å². The van der Waals surface area contributed by atoms with Crippen molar-refractivity contribution in [2.45, 2.75) is 6.54 Å². The van der Waals surface area contributed by atoms with Gasteiger partial charge in [-0.1, -0.05) is 17.7 Å². The Balaban J connectivity index is 1.97. The summed E-state index contributed by atoms with van der Waals surface area (Å²) in [6.45, 7) is 1.06. The minimum absolute atomic E-state index is 0.0259. The summed E-state index contributed by atoms with van der Waals surface area (Å²) in [7, 11) is 1.68. The summed E-state index contributed by atoms with van der Waals surface area (Å²) in [4.78, 5) is 26.1. The van der Waals surface area contributed by atoms with Crippen LogP contribution in [0.15, 0.2) is 18.2 Å². The fourth-order valence-corrected chi connectivity index (χ4v) is 2.26. The van der Waals surface area contributed by atoms with Crippen molar-refractivity contribution >= 4 is 23.5 Å². The summed E-state index contributed by atoms with van der Waals surface area (Å²) in [5.74, 6) is -0.717. The molecule has 1 fully saturated rings. The van der Waals surface area contributed by atoms with Gasteiger partial charge in [0, 0.05) is 30.2 Å². The molecule has 1 aliphatic rings. The van der Waals surface area contributed by atoms with Gasteiger partial charge in [-0.15, -0.1) is 0 Å². The molecule has 108 valence electrons. The van der Waals surface area contributed by atoms with Gasteiger partial charge in [-0.05, 0) is 19.2 Å². The number of urea groups is 1. The monoisotopic (exact) mass is 299 g/mol. The fourth-order valence-electron chi connectivity index (χ4n) is 2.04. The van der Waals surface area contributed by atoms with Crippen LogP contribution in [0.4, 0.5) is 9.18 Å². The van der Waals surface area contributed by atoms with E-state index >= 15 is 0 Å². The second kappa shape index (κ2) is 6.19. The van der Waals surface area contributed by atoms with Crippen LogP contribution >= 0.6 is 11.6 Å². The summed E-state index contributed by atoms with van der Waals surface area (Å²) in [6, 6.07) is 4.07. The lowest BCUT2D eigenvalue weighted by atomic mass is 10.2. The Morgan fingerprint density at radius 2 is 2.30 bits per heavy atom. The molecule has 2 rings (SSSR count). The number of nitrogens with one attached hydrogen (secondary N) is 1. The number of imide groups is 1. The molecule has 1 N–H and O–H groups in total. The van der Waals surface area contributed by atoms with Crippen molar-refractivity contribution in [2.24, 2.45) is 0 Å². The van der Waals surface area contributed by atoms with Crippen LogP contribution in [-0.4, -0.2) is 48.4 Å². The molecule has 1 saturated heterocycles. The topological polar surface area (TPSA) is 52.7 Å². The predicted molar refractivity (Wildman–Crippen MR) is 72.9 cm³/mol. The number of hydrogen-bond acceptors (Lipinski definition) is 3. The van der Waals surface area contributed by atoms with Crippen molar-refractivity contribution in [3.8, 4) is 0 Å². The number of amides is 3. The van der Waals surface area contributed by atoms with Gasteiger partial charge in [-0.3, -0.25) is 14.6 Å². The standard InChI is InChI=1S/C13H15ClFN3O2/c1-17(7-9-10(14)3-2-4-11(9)15)8-12(19)18-6-5-16-13(18)20/h2-4H,5-8H2,1H3,(H,16,20). The molecule has 0 radical (unpaired) electrons. The zero-order chi connectivity index (χ0) is 14.7. The Hall–Kier alpha value is -1.66. The second-order valence-electron chi connectivity index (χ2n) is 4.65. The first-order valence-electron chi connectivity index (χ1n) is 6.18. The molecule has 1 aliphatic heterocycles. The van der Waals surface area contributed by atoms with Crippen molar-refractivity contribution in [3.63, 3.8) is 0 Å². The highest BCUT2D eigenvalue weighted by Crippen LogP contribution is 2.20. The molecular weight excluding hydrogens is 285 g/mol. The Morgan fingerprint density at radius 1 is 1.55 bits per heavy atom. The van der Waals surface area contributed by atoms with Gasteiger partial charge in [0.05, 0.1) is 6.54 Å². The number of carbonyl (C=O) groups excluding carboxylic acids is 2. The van der Waals surface area contributed by atoms with E-state index in [9.17, 15) is 14.0 Å². The van der Waals surface area contributed by atoms with Gasteiger partial charge in [0.25, 0.3) is 0 Å². The fraction of sp³-hybridized carbons (Fsp3) is 0.385. The first-order chi connectivity index (χ1) is 9.49. The number of nitrogens with zero attached hydrogens (tertiary/aromatic N) is 2. The molecule has 0 bridgehead atoms. The molecule has 0 aromatic heterocycles. The maximum Gasteiger partial charge on any atom is 0.324 e. The van der Waals surface area contributed by atoms with E-state index in [1.807, 2.05) is 0 Å². The third kappa shape index (κ3) is 3.26. The van der Waals surface area contributed by atoms with Crippen LogP contribution in [0.1, 0.15) is 5.56 Å². The lowest BCUT2D eigenvalue weighted by Crippen LogP contribution is -2.40. The summed E-state index contributed by atoms with van der Waals surface area (Å²) in [5.41, 5.74) is 0.343. The first kappa shape index (κ1) is 14.7. The van der Waals surface area contributed by atoms with E-state index in [-0.39, 0.29) is 25.0 Å². The average Bonchev–Trinajstić information content (AvgIpc) is 2.80. The SMILES string of the molecule is CN(CC(=O)N1CCNC1=O)Cc1c(F)cccc1Cl. The van der Waals surface area contributed by atoms with Crippen LogP contribution in [-0.2, 0) is 11.3 Å². The number of likely N-dealkylation sites (N-methyl/N-ethyl adjacent to an activating group) is 1. The number of carbonyl (C=O) groups is 2. The maximum absolute atomic E-state index is 13.6. The summed E-state index contributed by atoms with van der Waals surface area (Å²) in [6.07, 6.45) is 0. The van der Waals surface area contributed by atoms with Gasteiger partial charge < -0.3 is 5.32 Å². The van der Waals surface area contributed by atoms with E-state index in [0.29, 0.717) is 23.7 Å². The van der Waals surface area contributed by atoms with E-state index in [0.717, 1.165) is 4.90 Å². The second-order valence-corrected chi connectivity index (χ2v) is 5.06. The molecule has 1 heterocycles. The van der Waals surface area contributed by atoms with Gasteiger partial charge in [0.15, 0.2) is 0 Å². The number of hydrogen-bond donors (Lipinski definition) is 1. The molecule has 3 amide bonds. The zero-order valence-electron chi connectivity index (χ0n) is 11.0. The molecule has 0 unspecified atom stereocenters. The van der Waals surface area contributed by atoms with Crippen molar-refractivity contribution < 1.29 is 14.0 Å². The third-order valence-corrected chi connectivity index (χ3v) is 3.41. The predicted octanol–water partition coefficient (Wildman–Crippen LogP) is 1.46. The summed E-state index contributed by atoms with van der Waals surface area (Å²) < 4.78 is 13.6. The third-order valence-electron chi connectivity index (χ3n) is 3.05. The Bertz CT molecular complexity index is 518. The molecule has 20 heavy (non-hydrogen) atoms. The molecule has 1 aromatic carbocycles. The van der Waals surface area contributed by atoms with Gasteiger partial charge in [0.2, 0.25) is 5.91 Å². The molecule has 1 aromatic rings. The van der Waals surface area contributed by atoms with E-state index in [1.165, 1.54) is 12.1 Å². The summed E-state index contributed by atoms with van der Waals surface area (Å²) in [5, 5.41) is 2.88. The quantitative estimate of drug-likeness (QED) is 0.916. The number of rotatable bonds is 4. The van der Waals surface area contributed by atoms with Crippen molar-refractivity contribution in [1.82, 2.24) is 15.1 Å². The number of benzene rings is 1. The average molecular weight is 300 g/mol. The Morgan fingerprint density at radius 3 is 2.90 bits per heavy atom. The van der Waals surface area contributed by atoms with E-state index < -0.39 is 5.82 Å². The molecule has 0 atom stereocenters. The van der Waals surface area contributed by atoms with Crippen molar-refractivity contribution in [1.29, 1.82) is 0 Å². The lowest BCUT2D eigenvalue weighted by molar-refractivity contribution is -0.128. The van der Waals surface area contributed by atoms with E-state index in [4.69, 9.17) is 11.6 Å². The van der Waals surface area contributed by atoms with Gasteiger partial charge in [0.1, 0.15) is 5.82 Å². The molecular formula is C13H15ClFN3O2. The van der Waals surface area contributed by atoms with E-state index in [2.05, 4.69) is 5.32 Å². The van der Waals surface area contributed by atoms with E-state index in [1.54, 1.807) is 18.0 Å². The number of halogens is 2. The first-order valence-corrected chi connectivity index (χ1v) is 6.56. The van der Waals surface area contributed by atoms with Crippen LogP contribution in [0, 0.1) is 5.82 Å². The van der Waals surface area contributed by atoms with Crippen LogP contribution in [0.2, 0.25) is 5.02 Å². The minimum Gasteiger partial charge on any atom is -0.336 e. The molecule has 0 saturated carbocycles. The molecule has 7 heteroatoms. The highest BCUT2D eigenvalue weighted by molar-refractivity contribution is 6.31. The largest absolute Gasteiger partial charge is 0.336 e. The van der Waals surface area contributed by atoms with Crippen molar-refractivity contribution in [3.05, 3.63) is 34.6 Å². The normalized spacial score (nSPS) is 14.8. The maximum atomic E-state index is 13.6. The van der Waals surface area contributed by atoms with Crippen LogP contribution in [0.5, 0.6) is 0 Å². The highest BCUT2D eigenvalue weighted by atomic mass is 35.5. The molecule has 5 nitrogen and oxygen atoms in total. The van der Waals surface area contributed by atoms with Crippen molar-refractivity contribution in [2.75, 3.05) is 26.7 Å². The van der Waals surface area contributed by atoms with Crippen LogP contribution in [0.25, 0.3) is 0 Å². The van der Waals surface area contributed by atoms with Gasteiger partial charge in [-0.25, -0.2) is 9.18 Å². The Kier molecular flexibility index (Phi) is 4.57. The smallest absolute Gasteiger partial charge is 0.324 e. The zero-order valence-corrected chi connectivity index (χ0v) is 11.8. The molecule has 0 aliphatic carbocycles. The summed E-state index contributed by atoms with van der Waals surface area (Å²) >= 11 is 5.93. The minimum atomic E-state index is -0.407. The van der Waals surface area contributed by atoms with Gasteiger partial charge >= 0.3 is 6.03 Å². The van der Waals surface area contributed by atoms with Crippen LogP contribution in [0.3, 0.4) is 0 Å². The van der Waals surface area contributed by atoms with Gasteiger partial charge in [-0.2, -0.15) is 0 Å². The highest BCUT2D eigenvalue weighted by Gasteiger charge is 2.26. The van der Waals surface area contributed by atoms with Crippen LogP contribution < -0.4 is 5.32 Å². The molecule has 0 spiro atoms. The lowest BCUT2D eigenvalue weighted by Gasteiger charge is -2.20.